The third-order valence-electron chi connectivity index (χ3n) is 4.74. The second-order valence-electron chi connectivity index (χ2n) is 6.69. The van der Waals surface area contributed by atoms with Gasteiger partial charge < -0.3 is 4.90 Å². The van der Waals surface area contributed by atoms with Crippen LogP contribution in [0.3, 0.4) is 0 Å². The van der Waals surface area contributed by atoms with Crippen LogP contribution in [0.25, 0.3) is 11.1 Å². The molecular weight excluding hydrogens is 369 g/mol. The van der Waals surface area contributed by atoms with E-state index in [1.165, 1.54) is 17.2 Å². The van der Waals surface area contributed by atoms with Crippen molar-refractivity contribution in [1.82, 2.24) is 9.97 Å². The number of carbonyl (C=O) groups is 2. The smallest absolute Gasteiger partial charge is 0.226 e. The molecule has 0 aliphatic carbocycles. The maximum atomic E-state index is 14.6. The molecule has 0 unspecified atom stereocenters. The Morgan fingerprint density at radius 2 is 1.93 bits per heavy atom. The quantitative estimate of drug-likeness (QED) is 0.558. The van der Waals surface area contributed by atoms with E-state index in [1.807, 2.05) is 12.1 Å². The van der Waals surface area contributed by atoms with Crippen LogP contribution in [0, 0.1) is 5.82 Å². The SMILES string of the molecule is CCC(=O)N(C)c1ccc(-c2ccc(C(=O)CCc3cccnc3)nc2)c(F)c1. The molecule has 6 heteroatoms. The molecule has 0 radical (unpaired) electrons. The minimum absolute atomic E-state index is 0.0732. The maximum Gasteiger partial charge on any atom is 0.226 e. The molecule has 0 atom stereocenters. The molecule has 2 heterocycles. The van der Waals surface area contributed by atoms with Gasteiger partial charge in [0.2, 0.25) is 5.91 Å². The van der Waals surface area contributed by atoms with Crippen LogP contribution in [-0.4, -0.2) is 28.7 Å². The lowest BCUT2D eigenvalue weighted by molar-refractivity contribution is -0.118. The number of hydrogen-bond acceptors (Lipinski definition) is 4. The number of hydrogen-bond donors (Lipinski definition) is 0. The summed E-state index contributed by atoms with van der Waals surface area (Å²) in [5, 5.41) is 0. The van der Waals surface area contributed by atoms with E-state index >= 15 is 0 Å². The van der Waals surface area contributed by atoms with E-state index in [2.05, 4.69) is 9.97 Å². The van der Waals surface area contributed by atoms with Crippen LogP contribution in [0.1, 0.15) is 35.8 Å². The monoisotopic (exact) mass is 391 g/mol. The molecule has 3 aromatic rings. The Morgan fingerprint density at radius 3 is 2.55 bits per heavy atom. The number of rotatable bonds is 7. The van der Waals surface area contributed by atoms with Crippen molar-refractivity contribution in [2.24, 2.45) is 0 Å². The topological polar surface area (TPSA) is 63.2 Å². The van der Waals surface area contributed by atoms with Crippen molar-refractivity contribution in [3.8, 4) is 11.1 Å². The van der Waals surface area contributed by atoms with Gasteiger partial charge in [0.15, 0.2) is 5.78 Å². The number of carbonyl (C=O) groups excluding carboxylic acids is 2. The summed E-state index contributed by atoms with van der Waals surface area (Å²) in [5.74, 6) is -0.611. The van der Waals surface area contributed by atoms with Crippen LogP contribution in [0.5, 0.6) is 0 Å². The molecule has 0 saturated heterocycles. The molecular formula is C23H22FN3O2. The molecule has 0 spiro atoms. The van der Waals surface area contributed by atoms with Crippen molar-refractivity contribution < 1.29 is 14.0 Å². The second-order valence-corrected chi connectivity index (χ2v) is 6.69. The summed E-state index contributed by atoms with van der Waals surface area (Å²) in [6.45, 7) is 1.76. The number of nitrogens with zero attached hydrogens (tertiary/aromatic N) is 3. The molecule has 148 valence electrons. The highest BCUT2D eigenvalue weighted by Gasteiger charge is 2.14. The summed E-state index contributed by atoms with van der Waals surface area (Å²) < 4.78 is 14.6. The summed E-state index contributed by atoms with van der Waals surface area (Å²) in [6, 6.07) is 11.7. The van der Waals surface area contributed by atoms with E-state index < -0.39 is 5.82 Å². The zero-order valence-corrected chi connectivity index (χ0v) is 16.4. The van der Waals surface area contributed by atoms with Crippen LogP contribution in [0.15, 0.2) is 61.1 Å². The van der Waals surface area contributed by atoms with Crippen molar-refractivity contribution >= 4 is 17.4 Å². The summed E-state index contributed by atoms with van der Waals surface area (Å²) in [4.78, 5) is 33.8. The highest BCUT2D eigenvalue weighted by molar-refractivity contribution is 5.95. The molecule has 2 aromatic heterocycles. The van der Waals surface area contributed by atoms with Gasteiger partial charge in [-0.25, -0.2) is 4.39 Å². The standard InChI is InChI=1S/C23H22FN3O2/c1-3-23(29)27(2)18-8-9-19(20(24)13-18)17-7-10-21(26-15-17)22(28)11-6-16-5-4-12-25-14-16/h4-5,7-10,12-15H,3,6,11H2,1-2H3. The summed E-state index contributed by atoms with van der Waals surface area (Å²) in [6.07, 6.45) is 6.20. The predicted molar refractivity (Wildman–Crippen MR) is 110 cm³/mol. The summed E-state index contributed by atoms with van der Waals surface area (Å²) in [7, 11) is 1.62. The van der Waals surface area contributed by atoms with Crippen molar-refractivity contribution in [2.75, 3.05) is 11.9 Å². The summed E-state index contributed by atoms with van der Waals surface area (Å²) in [5.41, 5.74) is 2.78. The Labute approximate surface area is 169 Å². The first-order valence-electron chi connectivity index (χ1n) is 9.44. The zero-order chi connectivity index (χ0) is 20.8. The lowest BCUT2D eigenvalue weighted by Crippen LogP contribution is -2.25. The minimum atomic E-state index is -0.448. The molecule has 1 amide bonds. The number of pyridine rings is 2. The highest BCUT2D eigenvalue weighted by Crippen LogP contribution is 2.26. The third kappa shape index (κ3) is 4.90. The van der Waals surface area contributed by atoms with Gasteiger partial charge in [-0.05, 0) is 42.3 Å². The van der Waals surface area contributed by atoms with E-state index in [0.717, 1.165) is 5.56 Å². The summed E-state index contributed by atoms with van der Waals surface area (Å²) >= 11 is 0. The number of anilines is 1. The molecule has 0 aliphatic rings. The lowest BCUT2D eigenvalue weighted by atomic mass is 10.0. The first kappa shape index (κ1) is 20.3. The molecule has 0 fully saturated rings. The zero-order valence-electron chi connectivity index (χ0n) is 16.4. The molecule has 0 N–H and O–H groups in total. The van der Waals surface area contributed by atoms with Crippen molar-refractivity contribution in [3.05, 3.63) is 78.1 Å². The van der Waals surface area contributed by atoms with Gasteiger partial charge in [-0.2, -0.15) is 0 Å². The van der Waals surface area contributed by atoms with Gasteiger partial charge in [-0.3, -0.25) is 19.6 Å². The average molecular weight is 391 g/mol. The largest absolute Gasteiger partial charge is 0.315 e. The number of aromatic nitrogens is 2. The molecule has 0 aliphatic heterocycles. The Morgan fingerprint density at radius 1 is 1.10 bits per heavy atom. The van der Waals surface area contributed by atoms with E-state index in [9.17, 15) is 14.0 Å². The van der Waals surface area contributed by atoms with Crippen molar-refractivity contribution in [2.45, 2.75) is 26.2 Å². The number of amides is 1. The van der Waals surface area contributed by atoms with E-state index in [0.29, 0.717) is 41.8 Å². The predicted octanol–water partition coefficient (Wildman–Crippen LogP) is 4.47. The number of Topliss-reactive ketones (excluding diaryl/α,β-unsaturated/α-hetero) is 1. The maximum absolute atomic E-state index is 14.6. The van der Waals surface area contributed by atoms with E-state index in [-0.39, 0.29) is 11.7 Å². The van der Waals surface area contributed by atoms with Gasteiger partial charge >= 0.3 is 0 Å². The highest BCUT2D eigenvalue weighted by atomic mass is 19.1. The Balaban J connectivity index is 1.71. The number of halogens is 1. The molecule has 0 bridgehead atoms. The number of ketones is 1. The molecule has 0 saturated carbocycles. The van der Waals surface area contributed by atoms with Crippen LogP contribution < -0.4 is 4.90 Å². The first-order chi connectivity index (χ1) is 14.0. The van der Waals surface area contributed by atoms with Crippen LogP contribution >= 0.6 is 0 Å². The van der Waals surface area contributed by atoms with Gasteiger partial charge in [-0.15, -0.1) is 0 Å². The normalized spacial score (nSPS) is 10.6. The van der Waals surface area contributed by atoms with E-state index in [1.54, 1.807) is 50.6 Å². The minimum Gasteiger partial charge on any atom is -0.315 e. The second kappa shape index (κ2) is 9.19. The number of benzene rings is 1. The van der Waals surface area contributed by atoms with Gasteiger partial charge in [0.25, 0.3) is 0 Å². The van der Waals surface area contributed by atoms with Gasteiger partial charge in [-0.1, -0.05) is 19.1 Å². The third-order valence-corrected chi connectivity index (χ3v) is 4.74. The Hall–Kier alpha value is -3.41. The molecule has 5 nitrogen and oxygen atoms in total. The van der Waals surface area contributed by atoms with Crippen LogP contribution in [0.4, 0.5) is 10.1 Å². The van der Waals surface area contributed by atoms with Crippen molar-refractivity contribution in [1.29, 1.82) is 0 Å². The van der Waals surface area contributed by atoms with Crippen LogP contribution in [-0.2, 0) is 11.2 Å². The van der Waals surface area contributed by atoms with Gasteiger partial charge in [0.1, 0.15) is 11.5 Å². The van der Waals surface area contributed by atoms with Crippen molar-refractivity contribution in [3.63, 3.8) is 0 Å². The van der Waals surface area contributed by atoms with Gasteiger partial charge in [0.05, 0.1) is 0 Å². The number of aryl methyl sites for hydroxylation is 1. The van der Waals surface area contributed by atoms with Crippen LogP contribution in [0.2, 0.25) is 0 Å². The Bertz CT molecular complexity index is 1000. The van der Waals surface area contributed by atoms with E-state index in [4.69, 9.17) is 0 Å². The molecule has 3 rings (SSSR count). The average Bonchev–Trinajstić information content (AvgIpc) is 2.77. The first-order valence-corrected chi connectivity index (χ1v) is 9.44. The fourth-order valence-corrected chi connectivity index (χ4v) is 2.98. The Kier molecular flexibility index (Phi) is 6.44. The molecule has 1 aromatic carbocycles. The lowest BCUT2D eigenvalue weighted by Gasteiger charge is -2.17. The fraction of sp³-hybridized carbons (Fsp3) is 0.217. The molecule has 29 heavy (non-hydrogen) atoms. The fourth-order valence-electron chi connectivity index (χ4n) is 2.98. The van der Waals surface area contributed by atoms with Gasteiger partial charge in [0, 0.05) is 55.3 Å².